The van der Waals surface area contributed by atoms with E-state index in [2.05, 4.69) is 49.4 Å². The smallest absolute Gasteiger partial charge is 0.270 e. The number of nitrogens with zero attached hydrogens (tertiary/aromatic N) is 7. The molecule has 2 aliphatic rings. The maximum atomic E-state index is 13.5. The van der Waals surface area contributed by atoms with Gasteiger partial charge in [0.25, 0.3) is 5.56 Å². The van der Waals surface area contributed by atoms with Gasteiger partial charge in [-0.05, 0) is 55.2 Å². The van der Waals surface area contributed by atoms with E-state index in [1.807, 2.05) is 12.1 Å². The third kappa shape index (κ3) is 5.15. The molecule has 1 saturated carbocycles. The average Bonchev–Trinajstić information content (AvgIpc) is 3.50. The van der Waals surface area contributed by atoms with Crippen LogP contribution in [-0.2, 0) is 0 Å². The van der Waals surface area contributed by atoms with Crippen LogP contribution in [0.1, 0.15) is 32.1 Å². The first kappa shape index (κ1) is 26.0. The van der Waals surface area contributed by atoms with E-state index in [9.17, 15) is 4.79 Å². The molecule has 10 heteroatoms. The van der Waals surface area contributed by atoms with Gasteiger partial charge in [-0.25, -0.2) is 14.5 Å². The van der Waals surface area contributed by atoms with Crippen LogP contribution < -0.4 is 15.8 Å². The topological polar surface area (TPSA) is 83.6 Å². The van der Waals surface area contributed by atoms with Crippen LogP contribution in [0, 0.1) is 5.92 Å². The zero-order valence-corrected chi connectivity index (χ0v) is 23.7. The van der Waals surface area contributed by atoms with Crippen LogP contribution in [0.15, 0.2) is 71.9 Å². The molecule has 7 rings (SSSR count). The second-order valence-corrected chi connectivity index (χ2v) is 11.5. The van der Waals surface area contributed by atoms with Crippen molar-refractivity contribution < 1.29 is 0 Å². The summed E-state index contributed by atoms with van der Waals surface area (Å²) in [4.78, 5) is 32.2. The van der Waals surface area contributed by atoms with Crippen molar-refractivity contribution in [3.05, 3.63) is 82.5 Å². The molecular formula is C31H33ClN8O. The maximum absolute atomic E-state index is 13.5. The van der Waals surface area contributed by atoms with E-state index in [0.717, 1.165) is 37.8 Å². The van der Waals surface area contributed by atoms with Crippen LogP contribution in [0.4, 0.5) is 17.3 Å². The minimum absolute atomic E-state index is 0.276. The van der Waals surface area contributed by atoms with Crippen LogP contribution in [-0.4, -0.2) is 61.5 Å². The molecular weight excluding hydrogens is 536 g/mol. The van der Waals surface area contributed by atoms with E-state index in [1.165, 1.54) is 48.9 Å². The van der Waals surface area contributed by atoms with Crippen molar-refractivity contribution in [1.82, 2.24) is 28.8 Å². The summed E-state index contributed by atoms with van der Waals surface area (Å²) in [5, 5.41) is 4.13. The van der Waals surface area contributed by atoms with E-state index in [1.54, 1.807) is 35.1 Å². The number of fused-ring (bicyclic) bond motifs is 3. The van der Waals surface area contributed by atoms with Gasteiger partial charge in [-0.15, -0.1) is 0 Å². The molecule has 1 N–H and O–H groups in total. The Labute approximate surface area is 243 Å². The van der Waals surface area contributed by atoms with Crippen molar-refractivity contribution in [2.75, 3.05) is 42.9 Å². The van der Waals surface area contributed by atoms with E-state index >= 15 is 0 Å². The quantitative estimate of drug-likeness (QED) is 0.288. The summed E-state index contributed by atoms with van der Waals surface area (Å²) in [6.07, 6.45) is 12.0. The Morgan fingerprint density at radius 2 is 1.71 bits per heavy atom. The molecule has 1 aliphatic heterocycles. The largest absolute Gasteiger partial charge is 0.369 e. The third-order valence-electron chi connectivity index (χ3n) is 8.45. The van der Waals surface area contributed by atoms with E-state index in [0.29, 0.717) is 33.5 Å². The predicted molar refractivity (Wildman–Crippen MR) is 164 cm³/mol. The van der Waals surface area contributed by atoms with Gasteiger partial charge in [-0.3, -0.25) is 14.1 Å². The lowest BCUT2D eigenvalue weighted by molar-refractivity contribution is 0.192. The van der Waals surface area contributed by atoms with Crippen LogP contribution in [0.2, 0.25) is 5.02 Å². The third-order valence-corrected chi connectivity index (χ3v) is 8.77. The Bertz CT molecular complexity index is 1730. The number of aromatic nitrogens is 5. The Morgan fingerprint density at radius 3 is 2.49 bits per heavy atom. The first-order valence-corrected chi connectivity index (χ1v) is 14.9. The van der Waals surface area contributed by atoms with Gasteiger partial charge in [0, 0.05) is 62.7 Å². The highest BCUT2D eigenvalue weighted by atomic mass is 35.5. The van der Waals surface area contributed by atoms with Crippen molar-refractivity contribution >= 4 is 45.7 Å². The summed E-state index contributed by atoms with van der Waals surface area (Å²) >= 11 is 6.42. The van der Waals surface area contributed by atoms with Crippen LogP contribution in [0.25, 0.3) is 22.5 Å². The van der Waals surface area contributed by atoms with Gasteiger partial charge < -0.3 is 10.2 Å². The molecule has 5 aromatic rings. The summed E-state index contributed by atoms with van der Waals surface area (Å²) in [6.45, 7) is 5.63. The summed E-state index contributed by atoms with van der Waals surface area (Å²) < 4.78 is 3.28. The molecule has 0 spiro atoms. The van der Waals surface area contributed by atoms with Crippen molar-refractivity contribution in [3.63, 3.8) is 0 Å². The molecule has 1 aliphatic carbocycles. The van der Waals surface area contributed by atoms with Gasteiger partial charge in [-0.1, -0.05) is 43.0 Å². The van der Waals surface area contributed by atoms with Crippen LogP contribution in [0.3, 0.4) is 0 Å². The monoisotopic (exact) mass is 568 g/mol. The highest BCUT2D eigenvalue weighted by molar-refractivity contribution is 6.32. The second kappa shape index (κ2) is 11.1. The SMILES string of the molecule is O=c1c2cnc(Nc3ccc(N4CCN(CC5CCCCC5)CC4)cc3)nc2n2ccnc2n1-c1ccccc1Cl. The van der Waals surface area contributed by atoms with E-state index < -0.39 is 0 Å². The molecule has 0 bridgehead atoms. The van der Waals surface area contributed by atoms with Crippen LogP contribution >= 0.6 is 11.6 Å². The van der Waals surface area contributed by atoms with Crippen LogP contribution in [0.5, 0.6) is 0 Å². The molecule has 2 fully saturated rings. The number of halogens is 1. The first-order valence-electron chi connectivity index (χ1n) is 14.5. The summed E-state index contributed by atoms with van der Waals surface area (Å²) in [7, 11) is 0. The van der Waals surface area contributed by atoms with E-state index in [-0.39, 0.29) is 5.56 Å². The number of nitrogens with one attached hydrogen (secondary N) is 1. The van der Waals surface area contributed by atoms with Gasteiger partial charge in [0.1, 0.15) is 5.39 Å². The molecule has 41 heavy (non-hydrogen) atoms. The van der Waals surface area contributed by atoms with Gasteiger partial charge in [0.15, 0.2) is 5.65 Å². The van der Waals surface area contributed by atoms with E-state index in [4.69, 9.17) is 16.6 Å². The fourth-order valence-corrected chi connectivity index (χ4v) is 6.48. The lowest BCUT2D eigenvalue weighted by Crippen LogP contribution is -2.48. The molecule has 0 atom stereocenters. The molecule has 9 nitrogen and oxygen atoms in total. The number of para-hydroxylation sites is 1. The average molecular weight is 569 g/mol. The van der Waals surface area contributed by atoms with Gasteiger partial charge in [0.2, 0.25) is 11.7 Å². The standard InChI is InChI=1S/C31H33ClN8O/c32-26-8-4-5-9-27(26)40-29(41)25-20-34-30(36-28(25)39-15-14-33-31(39)40)35-23-10-12-24(13-11-23)38-18-16-37(17-19-38)21-22-6-2-1-3-7-22/h4-5,8-15,20,22H,1-3,6-7,16-19,21H2,(H,34,35,36). The number of hydrogen-bond acceptors (Lipinski definition) is 7. The molecule has 3 aromatic heterocycles. The fraction of sp³-hybridized carbons (Fsp3) is 0.355. The normalized spacial score (nSPS) is 17.0. The number of piperazine rings is 1. The molecule has 2 aromatic carbocycles. The number of anilines is 3. The molecule has 0 amide bonds. The Kier molecular flexibility index (Phi) is 7.06. The Morgan fingerprint density at radius 1 is 0.927 bits per heavy atom. The summed E-state index contributed by atoms with van der Waals surface area (Å²) in [5.41, 5.74) is 2.88. The summed E-state index contributed by atoms with van der Waals surface area (Å²) in [5.74, 6) is 1.74. The molecule has 1 saturated heterocycles. The lowest BCUT2D eigenvalue weighted by atomic mass is 9.89. The van der Waals surface area contributed by atoms with Gasteiger partial charge in [-0.2, -0.15) is 4.98 Å². The minimum atomic E-state index is -0.276. The second-order valence-electron chi connectivity index (χ2n) is 11.1. The Balaban J connectivity index is 1.07. The minimum Gasteiger partial charge on any atom is -0.369 e. The Hall–Kier alpha value is -3.95. The molecule has 4 heterocycles. The van der Waals surface area contributed by atoms with Gasteiger partial charge >= 0.3 is 0 Å². The zero-order chi connectivity index (χ0) is 27.8. The number of imidazole rings is 1. The zero-order valence-electron chi connectivity index (χ0n) is 22.9. The molecule has 0 radical (unpaired) electrons. The predicted octanol–water partition coefficient (Wildman–Crippen LogP) is 5.53. The lowest BCUT2D eigenvalue weighted by Gasteiger charge is -2.38. The van der Waals surface area contributed by atoms with Crippen molar-refractivity contribution in [2.45, 2.75) is 32.1 Å². The first-order chi connectivity index (χ1) is 20.1. The number of benzene rings is 2. The van der Waals surface area contributed by atoms with Gasteiger partial charge in [0.05, 0.1) is 10.7 Å². The van der Waals surface area contributed by atoms with Crippen molar-refractivity contribution in [3.8, 4) is 5.69 Å². The number of rotatable bonds is 6. The number of hydrogen-bond donors (Lipinski definition) is 1. The molecule has 210 valence electrons. The maximum Gasteiger partial charge on any atom is 0.270 e. The van der Waals surface area contributed by atoms with Crippen molar-refractivity contribution in [1.29, 1.82) is 0 Å². The highest BCUT2D eigenvalue weighted by Crippen LogP contribution is 2.27. The highest BCUT2D eigenvalue weighted by Gasteiger charge is 2.22. The van der Waals surface area contributed by atoms with Crippen molar-refractivity contribution in [2.24, 2.45) is 5.92 Å². The summed E-state index contributed by atoms with van der Waals surface area (Å²) in [6, 6.07) is 15.6. The fourth-order valence-electron chi connectivity index (χ4n) is 6.26. The molecule has 0 unspecified atom stereocenters.